The molecule has 7 heteroatoms. The third-order valence-corrected chi connectivity index (χ3v) is 7.43. The maximum atomic E-state index is 13.0. The second kappa shape index (κ2) is 7.25. The Balaban J connectivity index is 1.50. The molecule has 26 heavy (non-hydrogen) atoms. The van der Waals surface area contributed by atoms with Crippen molar-refractivity contribution >= 4 is 52.2 Å². The summed E-state index contributed by atoms with van der Waals surface area (Å²) in [5.41, 5.74) is 2.00. The number of hydrogen-bond acceptors (Lipinski definition) is 4. The number of carbonyl (C=O) groups excluding carboxylic acids is 2. The lowest BCUT2D eigenvalue weighted by Gasteiger charge is -2.36. The molecule has 0 spiro atoms. The van der Waals surface area contributed by atoms with Crippen molar-refractivity contribution in [3.8, 4) is 0 Å². The Morgan fingerprint density at radius 2 is 2.23 bits per heavy atom. The van der Waals surface area contributed by atoms with Gasteiger partial charge in [0.2, 0.25) is 11.8 Å². The molecule has 1 aromatic carbocycles. The number of anilines is 1. The molecule has 0 radical (unpaired) electrons. The van der Waals surface area contributed by atoms with E-state index in [0.717, 1.165) is 30.0 Å². The van der Waals surface area contributed by atoms with Gasteiger partial charge in [-0.1, -0.05) is 18.5 Å². The smallest absolute Gasteiger partial charge is 0.238 e. The first-order valence-electron chi connectivity index (χ1n) is 8.69. The highest BCUT2D eigenvalue weighted by molar-refractivity contribution is 8.01. The van der Waals surface area contributed by atoms with E-state index in [0.29, 0.717) is 5.02 Å². The summed E-state index contributed by atoms with van der Waals surface area (Å²) >= 11 is 9.21. The minimum Gasteiger partial charge on any atom is -0.335 e. The Kier molecular flexibility index (Phi) is 4.99. The van der Waals surface area contributed by atoms with Crippen LogP contribution in [-0.4, -0.2) is 28.5 Å². The lowest BCUT2D eigenvalue weighted by Crippen LogP contribution is -2.42. The molecule has 2 unspecified atom stereocenters. The number of carbonyl (C=O) groups is 2. The van der Waals surface area contributed by atoms with Gasteiger partial charge in [0.15, 0.2) is 0 Å². The highest BCUT2D eigenvalue weighted by Crippen LogP contribution is 2.40. The third-order valence-electron chi connectivity index (χ3n) is 4.92. The highest BCUT2D eigenvalue weighted by atomic mass is 35.5. The van der Waals surface area contributed by atoms with Crippen molar-refractivity contribution in [1.29, 1.82) is 0 Å². The summed E-state index contributed by atoms with van der Waals surface area (Å²) in [4.78, 5) is 29.7. The number of hydrogen-bond donors (Lipinski definition) is 1. The molecule has 1 aromatic heterocycles. The van der Waals surface area contributed by atoms with Gasteiger partial charge < -0.3 is 10.2 Å². The molecule has 136 valence electrons. The lowest BCUT2D eigenvalue weighted by atomic mass is 9.97. The number of thiophene rings is 1. The van der Waals surface area contributed by atoms with E-state index in [1.54, 1.807) is 23.5 Å². The minimum atomic E-state index is -0.405. The summed E-state index contributed by atoms with van der Waals surface area (Å²) in [6.07, 6.45) is 2.01. The largest absolute Gasteiger partial charge is 0.335 e. The fourth-order valence-corrected chi connectivity index (χ4v) is 5.85. The molecule has 2 aliphatic heterocycles. The lowest BCUT2D eigenvalue weighted by molar-refractivity contribution is -0.135. The van der Waals surface area contributed by atoms with Gasteiger partial charge in [-0.2, -0.15) is 0 Å². The summed E-state index contributed by atoms with van der Waals surface area (Å²) < 4.78 is 0. The summed E-state index contributed by atoms with van der Waals surface area (Å²) in [6, 6.07) is 7.71. The zero-order valence-electron chi connectivity index (χ0n) is 14.3. The molecular weight excluding hydrogens is 388 g/mol. The average Bonchev–Trinajstić information content (AvgIpc) is 3.10. The number of rotatable bonds is 3. The molecule has 0 saturated heterocycles. The van der Waals surface area contributed by atoms with Crippen LogP contribution in [0.1, 0.15) is 36.2 Å². The second-order valence-electron chi connectivity index (χ2n) is 6.50. The van der Waals surface area contributed by atoms with E-state index < -0.39 is 5.25 Å². The van der Waals surface area contributed by atoms with Gasteiger partial charge in [-0.25, -0.2) is 0 Å². The Hall–Kier alpha value is -1.50. The average molecular weight is 407 g/mol. The van der Waals surface area contributed by atoms with Crippen LogP contribution < -0.4 is 5.32 Å². The van der Waals surface area contributed by atoms with Crippen molar-refractivity contribution in [2.45, 2.75) is 42.4 Å². The van der Waals surface area contributed by atoms with E-state index in [4.69, 9.17) is 11.6 Å². The first kappa shape index (κ1) is 17.9. The molecule has 2 amide bonds. The normalized spacial score (nSPS) is 21.8. The zero-order chi connectivity index (χ0) is 18.3. The van der Waals surface area contributed by atoms with Crippen molar-refractivity contribution < 1.29 is 9.59 Å². The highest BCUT2D eigenvalue weighted by Gasteiger charge is 2.35. The molecule has 4 nitrogen and oxygen atoms in total. The molecule has 0 bridgehead atoms. The van der Waals surface area contributed by atoms with Crippen molar-refractivity contribution in [1.82, 2.24) is 4.90 Å². The molecule has 0 fully saturated rings. The summed E-state index contributed by atoms with van der Waals surface area (Å²) in [6.45, 7) is 2.84. The van der Waals surface area contributed by atoms with E-state index in [-0.39, 0.29) is 24.3 Å². The van der Waals surface area contributed by atoms with Crippen LogP contribution in [0, 0.1) is 0 Å². The van der Waals surface area contributed by atoms with Crippen LogP contribution >= 0.6 is 34.7 Å². The van der Waals surface area contributed by atoms with Crippen molar-refractivity contribution in [2.75, 3.05) is 11.9 Å². The quantitative estimate of drug-likeness (QED) is 0.800. The number of nitrogens with zero attached hydrogens (tertiary/aromatic N) is 1. The van der Waals surface area contributed by atoms with Crippen LogP contribution in [0.2, 0.25) is 5.02 Å². The molecule has 3 heterocycles. The minimum absolute atomic E-state index is 0.0544. The molecule has 2 aliphatic rings. The maximum Gasteiger partial charge on any atom is 0.238 e. The van der Waals surface area contributed by atoms with Gasteiger partial charge in [-0.15, -0.1) is 23.1 Å². The van der Waals surface area contributed by atoms with Gasteiger partial charge >= 0.3 is 0 Å². The van der Waals surface area contributed by atoms with Crippen LogP contribution in [0.15, 0.2) is 34.5 Å². The van der Waals surface area contributed by atoms with Gasteiger partial charge in [0.05, 0.1) is 17.0 Å². The van der Waals surface area contributed by atoms with Gasteiger partial charge in [0.1, 0.15) is 0 Å². The van der Waals surface area contributed by atoms with Crippen LogP contribution in [-0.2, 0) is 16.0 Å². The number of amides is 2. The fraction of sp³-hybridized carbons (Fsp3) is 0.368. The van der Waals surface area contributed by atoms with E-state index in [1.807, 2.05) is 11.0 Å². The summed E-state index contributed by atoms with van der Waals surface area (Å²) in [7, 11) is 0. The Labute approximate surface area is 165 Å². The fourth-order valence-electron chi connectivity index (χ4n) is 3.67. The molecule has 2 aromatic rings. The predicted octanol–water partition coefficient (Wildman–Crippen LogP) is 4.74. The van der Waals surface area contributed by atoms with Crippen LogP contribution in [0.25, 0.3) is 0 Å². The van der Waals surface area contributed by atoms with Gasteiger partial charge in [0, 0.05) is 27.8 Å². The first-order valence-corrected chi connectivity index (χ1v) is 10.8. The first-order chi connectivity index (χ1) is 12.6. The monoisotopic (exact) mass is 406 g/mol. The molecule has 2 atom stereocenters. The topological polar surface area (TPSA) is 49.4 Å². The molecular formula is C19H19ClN2O2S2. The Bertz CT molecular complexity index is 867. The Morgan fingerprint density at radius 1 is 1.38 bits per heavy atom. The SMILES string of the molecule is CCC1c2ccsc2CCN1C(=O)CC1Sc2ccc(Cl)cc2NC1=O. The number of fused-ring (bicyclic) bond motifs is 2. The van der Waals surface area contributed by atoms with Crippen molar-refractivity contribution in [3.63, 3.8) is 0 Å². The number of benzene rings is 1. The van der Waals surface area contributed by atoms with Crippen LogP contribution in [0.4, 0.5) is 5.69 Å². The van der Waals surface area contributed by atoms with Crippen molar-refractivity contribution in [3.05, 3.63) is 45.1 Å². The predicted molar refractivity (Wildman–Crippen MR) is 107 cm³/mol. The number of halogens is 1. The number of nitrogens with one attached hydrogen (secondary N) is 1. The van der Waals surface area contributed by atoms with Gasteiger partial charge in [-0.3, -0.25) is 9.59 Å². The molecule has 4 rings (SSSR count). The summed E-state index contributed by atoms with van der Waals surface area (Å²) in [5, 5.41) is 5.17. The second-order valence-corrected chi connectivity index (χ2v) is 9.18. The third kappa shape index (κ3) is 3.26. The molecule has 0 aliphatic carbocycles. The van der Waals surface area contributed by atoms with E-state index in [2.05, 4.69) is 23.7 Å². The van der Waals surface area contributed by atoms with E-state index in [9.17, 15) is 9.59 Å². The number of thioether (sulfide) groups is 1. The summed E-state index contributed by atoms with van der Waals surface area (Å²) in [5.74, 6) is -0.0711. The van der Waals surface area contributed by atoms with Crippen LogP contribution in [0.3, 0.4) is 0 Å². The van der Waals surface area contributed by atoms with Crippen LogP contribution in [0.5, 0.6) is 0 Å². The van der Waals surface area contributed by atoms with E-state index in [1.165, 1.54) is 22.2 Å². The maximum absolute atomic E-state index is 13.0. The molecule has 0 saturated carbocycles. The van der Waals surface area contributed by atoms with Crippen molar-refractivity contribution in [2.24, 2.45) is 0 Å². The van der Waals surface area contributed by atoms with Gasteiger partial charge in [0.25, 0.3) is 0 Å². The Morgan fingerprint density at radius 3 is 3.04 bits per heavy atom. The zero-order valence-corrected chi connectivity index (χ0v) is 16.7. The molecule has 1 N–H and O–H groups in total. The van der Waals surface area contributed by atoms with E-state index >= 15 is 0 Å². The standard InChI is InChI=1S/C19H19ClN2O2S2/c1-2-14-12-6-8-25-15(12)5-7-22(14)18(23)10-17-19(24)21-13-9-11(20)3-4-16(13)26-17/h3-4,6,8-9,14,17H,2,5,7,10H2,1H3,(H,21,24). The van der Waals surface area contributed by atoms with Gasteiger partial charge in [-0.05, 0) is 48.1 Å².